The summed E-state index contributed by atoms with van der Waals surface area (Å²) >= 11 is 14.8. The van der Waals surface area contributed by atoms with Gasteiger partial charge in [0.25, 0.3) is 0 Å². The largest absolute Gasteiger partial charge is 0.298 e. The molecule has 0 aliphatic heterocycles. The van der Waals surface area contributed by atoms with Crippen LogP contribution in [-0.4, -0.2) is 10.9 Å². The number of anilines is 1. The van der Waals surface area contributed by atoms with Crippen LogP contribution in [0.4, 0.5) is 5.13 Å². The number of carbonyl (C=O) groups is 1. The highest BCUT2D eigenvalue weighted by molar-refractivity contribution is 7.14. The standard InChI is InChI=1S/C16H10Cl2N2OS2/c17-12-5-3-10(8-13(12)18)14-9-23-16(19-14)20-15(21)6-4-11-2-1-7-22-11/h1-9H,(H,19,20,21)/b6-4-. The first-order valence-corrected chi connectivity index (χ1v) is 9.07. The molecule has 0 aliphatic rings. The fourth-order valence-electron chi connectivity index (χ4n) is 1.81. The maximum absolute atomic E-state index is 11.9. The van der Waals surface area contributed by atoms with Crippen molar-refractivity contribution in [1.82, 2.24) is 4.98 Å². The van der Waals surface area contributed by atoms with Gasteiger partial charge in [0.15, 0.2) is 5.13 Å². The molecule has 23 heavy (non-hydrogen) atoms. The molecule has 3 rings (SSSR count). The highest BCUT2D eigenvalue weighted by atomic mass is 35.5. The van der Waals surface area contributed by atoms with Crippen LogP contribution in [0, 0.1) is 0 Å². The van der Waals surface area contributed by atoms with E-state index < -0.39 is 0 Å². The van der Waals surface area contributed by atoms with E-state index in [2.05, 4.69) is 10.3 Å². The molecule has 1 N–H and O–H groups in total. The van der Waals surface area contributed by atoms with Gasteiger partial charge in [-0.15, -0.1) is 22.7 Å². The molecule has 3 nitrogen and oxygen atoms in total. The maximum atomic E-state index is 11.9. The van der Waals surface area contributed by atoms with E-state index in [0.717, 1.165) is 16.1 Å². The number of nitrogens with zero attached hydrogens (tertiary/aromatic N) is 1. The molecule has 0 bridgehead atoms. The molecule has 2 heterocycles. The summed E-state index contributed by atoms with van der Waals surface area (Å²) in [6, 6.07) is 9.19. The Hall–Kier alpha value is -1.66. The Balaban J connectivity index is 1.69. The summed E-state index contributed by atoms with van der Waals surface area (Å²) in [7, 11) is 0. The predicted molar refractivity (Wildman–Crippen MR) is 99.6 cm³/mol. The fourth-order valence-corrected chi connectivity index (χ4v) is 3.45. The molecule has 0 saturated carbocycles. The molecule has 1 amide bonds. The lowest BCUT2D eigenvalue weighted by atomic mass is 10.2. The zero-order valence-corrected chi connectivity index (χ0v) is 14.8. The van der Waals surface area contributed by atoms with Crippen LogP contribution in [0.3, 0.4) is 0 Å². The highest BCUT2D eigenvalue weighted by Crippen LogP contribution is 2.30. The van der Waals surface area contributed by atoms with Gasteiger partial charge in [0.1, 0.15) is 0 Å². The minimum atomic E-state index is -0.214. The topological polar surface area (TPSA) is 42.0 Å². The Morgan fingerprint density at radius 2 is 2.04 bits per heavy atom. The van der Waals surface area contributed by atoms with E-state index in [1.165, 1.54) is 17.4 Å². The summed E-state index contributed by atoms with van der Waals surface area (Å²) < 4.78 is 0. The van der Waals surface area contributed by atoms with Crippen LogP contribution < -0.4 is 5.32 Å². The van der Waals surface area contributed by atoms with Crippen LogP contribution >= 0.6 is 45.9 Å². The number of thiazole rings is 1. The van der Waals surface area contributed by atoms with Gasteiger partial charge in [0.2, 0.25) is 5.91 Å². The van der Waals surface area contributed by atoms with Crippen molar-refractivity contribution in [3.8, 4) is 11.3 Å². The zero-order valence-electron chi connectivity index (χ0n) is 11.6. The third-order valence-corrected chi connectivity index (χ3v) is 5.23. The lowest BCUT2D eigenvalue weighted by Gasteiger charge is -1.99. The quantitative estimate of drug-likeness (QED) is 0.578. The number of nitrogens with one attached hydrogen (secondary N) is 1. The molecular weight excluding hydrogens is 371 g/mol. The number of halogens is 2. The van der Waals surface area contributed by atoms with Crippen molar-refractivity contribution in [3.05, 3.63) is 62.1 Å². The molecule has 0 atom stereocenters. The molecule has 2 aromatic heterocycles. The molecule has 116 valence electrons. The van der Waals surface area contributed by atoms with Crippen LogP contribution in [-0.2, 0) is 4.79 Å². The summed E-state index contributed by atoms with van der Waals surface area (Å²) in [5.74, 6) is -0.214. The molecule has 0 unspecified atom stereocenters. The third kappa shape index (κ3) is 4.20. The number of hydrogen-bond donors (Lipinski definition) is 1. The number of thiophene rings is 1. The van der Waals surface area contributed by atoms with Crippen LogP contribution in [0.2, 0.25) is 10.0 Å². The number of benzene rings is 1. The van der Waals surface area contributed by atoms with Gasteiger partial charge in [-0.2, -0.15) is 0 Å². The first kappa shape index (κ1) is 16.2. The van der Waals surface area contributed by atoms with Gasteiger partial charge < -0.3 is 0 Å². The second kappa shape index (κ2) is 7.27. The first-order valence-electron chi connectivity index (χ1n) is 6.55. The fraction of sp³-hybridized carbons (Fsp3) is 0. The van der Waals surface area contributed by atoms with Crippen LogP contribution in [0.1, 0.15) is 4.88 Å². The van der Waals surface area contributed by atoms with E-state index >= 15 is 0 Å². The van der Waals surface area contributed by atoms with E-state index in [4.69, 9.17) is 23.2 Å². The van der Waals surface area contributed by atoms with E-state index in [9.17, 15) is 4.79 Å². The Labute approximate surface area is 151 Å². The van der Waals surface area contributed by atoms with E-state index in [1.807, 2.05) is 29.0 Å². The molecule has 3 aromatic rings. The first-order chi connectivity index (χ1) is 11.1. The molecular formula is C16H10Cl2N2OS2. The van der Waals surface area contributed by atoms with Gasteiger partial charge in [0, 0.05) is 21.9 Å². The number of hydrogen-bond acceptors (Lipinski definition) is 4. The van der Waals surface area contributed by atoms with Gasteiger partial charge in [-0.1, -0.05) is 35.3 Å². The second-order valence-electron chi connectivity index (χ2n) is 4.50. The van der Waals surface area contributed by atoms with Crippen LogP contribution in [0.25, 0.3) is 17.3 Å². The number of carbonyl (C=O) groups excluding carboxylic acids is 1. The summed E-state index contributed by atoms with van der Waals surface area (Å²) in [5, 5.41) is 8.07. The van der Waals surface area contributed by atoms with E-state index in [1.54, 1.807) is 29.5 Å². The van der Waals surface area contributed by atoms with Crippen LogP contribution in [0.5, 0.6) is 0 Å². The SMILES string of the molecule is O=C(/C=C\c1cccs1)Nc1nc(-c2ccc(Cl)c(Cl)c2)cs1. The summed E-state index contributed by atoms with van der Waals surface area (Å²) in [6.45, 7) is 0. The molecule has 0 spiro atoms. The Bertz CT molecular complexity index is 857. The molecule has 0 aliphatic carbocycles. The van der Waals surface area contributed by atoms with Crippen LogP contribution in [0.15, 0.2) is 47.2 Å². The molecule has 0 radical (unpaired) electrons. The Morgan fingerprint density at radius 3 is 2.78 bits per heavy atom. The minimum Gasteiger partial charge on any atom is -0.298 e. The predicted octanol–water partition coefficient (Wildman–Crippen LogP) is 5.83. The summed E-state index contributed by atoms with van der Waals surface area (Å²) in [6.07, 6.45) is 3.26. The lowest BCUT2D eigenvalue weighted by Crippen LogP contribution is -2.07. The van der Waals surface area contributed by atoms with Crippen molar-refractivity contribution in [3.63, 3.8) is 0 Å². The minimum absolute atomic E-state index is 0.214. The Kier molecular flexibility index (Phi) is 5.13. The number of aromatic nitrogens is 1. The van der Waals surface area contributed by atoms with E-state index in [-0.39, 0.29) is 5.91 Å². The number of rotatable bonds is 4. The average Bonchev–Trinajstić information content (AvgIpc) is 3.19. The van der Waals surface area contributed by atoms with Gasteiger partial charge in [-0.25, -0.2) is 4.98 Å². The van der Waals surface area contributed by atoms with E-state index in [0.29, 0.717) is 15.2 Å². The highest BCUT2D eigenvalue weighted by Gasteiger charge is 2.08. The van der Waals surface area contributed by atoms with Gasteiger partial charge in [0.05, 0.1) is 15.7 Å². The third-order valence-electron chi connectivity index (χ3n) is 2.89. The summed E-state index contributed by atoms with van der Waals surface area (Å²) in [4.78, 5) is 17.3. The van der Waals surface area contributed by atoms with Crippen molar-refractivity contribution in [2.24, 2.45) is 0 Å². The lowest BCUT2D eigenvalue weighted by molar-refractivity contribution is -0.111. The van der Waals surface area contributed by atoms with Gasteiger partial charge >= 0.3 is 0 Å². The van der Waals surface area contributed by atoms with Crippen molar-refractivity contribution in [1.29, 1.82) is 0 Å². The van der Waals surface area contributed by atoms with Crippen molar-refractivity contribution in [2.45, 2.75) is 0 Å². The normalized spacial score (nSPS) is 11.0. The molecule has 7 heteroatoms. The van der Waals surface area contributed by atoms with Gasteiger partial charge in [-0.3, -0.25) is 10.1 Å². The zero-order chi connectivity index (χ0) is 16.2. The molecule has 0 saturated heterocycles. The molecule has 1 aromatic carbocycles. The second-order valence-corrected chi connectivity index (χ2v) is 7.16. The smallest absolute Gasteiger partial charge is 0.250 e. The van der Waals surface area contributed by atoms with Crippen molar-refractivity contribution < 1.29 is 4.79 Å². The number of amides is 1. The van der Waals surface area contributed by atoms with Gasteiger partial charge in [-0.05, 0) is 29.7 Å². The summed E-state index contributed by atoms with van der Waals surface area (Å²) in [5.41, 5.74) is 1.59. The van der Waals surface area contributed by atoms with Crippen molar-refractivity contribution >= 4 is 63.0 Å². The monoisotopic (exact) mass is 380 g/mol. The maximum Gasteiger partial charge on any atom is 0.250 e. The van der Waals surface area contributed by atoms with Crippen molar-refractivity contribution in [2.75, 3.05) is 5.32 Å². The molecule has 0 fully saturated rings. The average molecular weight is 381 g/mol. The Morgan fingerprint density at radius 1 is 1.17 bits per heavy atom.